The van der Waals surface area contributed by atoms with Crippen molar-refractivity contribution in [3.05, 3.63) is 54.0 Å². The molecule has 2 aromatic heterocycles. The Bertz CT molecular complexity index is 499. The van der Waals surface area contributed by atoms with E-state index in [9.17, 15) is 0 Å². The number of hydrogen-bond acceptors (Lipinski definition) is 4. The number of aromatic nitrogens is 2. The van der Waals surface area contributed by atoms with E-state index < -0.39 is 0 Å². The van der Waals surface area contributed by atoms with Gasteiger partial charge in [-0.1, -0.05) is 6.07 Å². The summed E-state index contributed by atoms with van der Waals surface area (Å²) in [6.07, 6.45) is 5.51. The molecule has 0 bridgehead atoms. The average Bonchev–Trinajstić information content (AvgIpc) is 2.47. The van der Waals surface area contributed by atoms with Crippen LogP contribution in [-0.2, 0) is 13.1 Å². The van der Waals surface area contributed by atoms with Crippen LogP contribution in [0.4, 0.5) is 5.82 Å². The lowest BCUT2D eigenvalue weighted by Crippen LogP contribution is -2.25. The Kier molecular flexibility index (Phi) is 4.86. The Morgan fingerprint density at radius 3 is 2.63 bits per heavy atom. The average molecular weight is 256 g/mol. The lowest BCUT2D eigenvalue weighted by atomic mass is 10.2. The minimum atomic E-state index is 0.829. The van der Waals surface area contributed by atoms with Gasteiger partial charge in [-0.2, -0.15) is 0 Å². The minimum absolute atomic E-state index is 0.829. The van der Waals surface area contributed by atoms with Gasteiger partial charge in [-0.05, 0) is 37.7 Å². The van der Waals surface area contributed by atoms with Crippen LogP contribution in [0.3, 0.4) is 0 Å². The topological polar surface area (TPSA) is 41.1 Å². The predicted octanol–water partition coefficient (Wildman–Crippen LogP) is 2.22. The van der Waals surface area contributed by atoms with Crippen molar-refractivity contribution in [3.63, 3.8) is 0 Å². The van der Waals surface area contributed by atoms with Crippen molar-refractivity contribution in [2.75, 3.05) is 18.5 Å². The van der Waals surface area contributed by atoms with Gasteiger partial charge in [-0.25, -0.2) is 4.98 Å². The highest BCUT2D eigenvalue weighted by Crippen LogP contribution is 2.19. The van der Waals surface area contributed by atoms with Gasteiger partial charge >= 0.3 is 0 Å². The van der Waals surface area contributed by atoms with Crippen molar-refractivity contribution in [2.24, 2.45) is 0 Å². The van der Waals surface area contributed by atoms with Crippen molar-refractivity contribution in [1.82, 2.24) is 15.3 Å². The number of anilines is 1. The van der Waals surface area contributed by atoms with E-state index in [2.05, 4.69) is 33.2 Å². The first-order chi connectivity index (χ1) is 9.35. The van der Waals surface area contributed by atoms with Crippen LogP contribution in [0, 0.1) is 0 Å². The van der Waals surface area contributed by atoms with Crippen LogP contribution in [0.15, 0.2) is 42.9 Å². The van der Waals surface area contributed by atoms with Gasteiger partial charge in [0.15, 0.2) is 0 Å². The SMILES string of the molecule is CCN(Cc1ccncc1)c1ncccc1CNC. The molecule has 2 heterocycles. The second-order valence-electron chi connectivity index (χ2n) is 4.39. The Labute approximate surface area is 114 Å². The fourth-order valence-electron chi connectivity index (χ4n) is 2.09. The molecule has 0 amide bonds. The largest absolute Gasteiger partial charge is 0.352 e. The first kappa shape index (κ1) is 13.5. The smallest absolute Gasteiger partial charge is 0.133 e. The Balaban J connectivity index is 2.22. The zero-order valence-electron chi connectivity index (χ0n) is 11.5. The molecule has 0 aliphatic carbocycles. The second kappa shape index (κ2) is 6.85. The second-order valence-corrected chi connectivity index (χ2v) is 4.39. The Morgan fingerprint density at radius 2 is 1.95 bits per heavy atom. The summed E-state index contributed by atoms with van der Waals surface area (Å²) in [7, 11) is 1.95. The molecule has 0 aliphatic heterocycles. The first-order valence-corrected chi connectivity index (χ1v) is 6.57. The van der Waals surface area contributed by atoms with Gasteiger partial charge in [0.05, 0.1) is 0 Å². The summed E-state index contributed by atoms with van der Waals surface area (Å²) >= 11 is 0. The molecule has 0 atom stereocenters. The number of hydrogen-bond donors (Lipinski definition) is 1. The highest BCUT2D eigenvalue weighted by molar-refractivity contribution is 5.47. The highest BCUT2D eigenvalue weighted by Gasteiger charge is 2.10. The van der Waals surface area contributed by atoms with Gasteiger partial charge < -0.3 is 10.2 Å². The molecule has 19 heavy (non-hydrogen) atoms. The molecular weight excluding hydrogens is 236 g/mol. The molecule has 0 radical (unpaired) electrons. The first-order valence-electron chi connectivity index (χ1n) is 6.57. The van der Waals surface area contributed by atoms with Crippen molar-refractivity contribution in [3.8, 4) is 0 Å². The van der Waals surface area contributed by atoms with E-state index in [4.69, 9.17) is 0 Å². The van der Waals surface area contributed by atoms with E-state index in [0.717, 1.165) is 25.5 Å². The van der Waals surface area contributed by atoms with Crippen LogP contribution in [-0.4, -0.2) is 23.6 Å². The molecule has 0 saturated carbocycles. The normalized spacial score (nSPS) is 10.4. The maximum absolute atomic E-state index is 4.53. The highest BCUT2D eigenvalue weighted by atomic mass is 15.2. The fourth-order valence-corrected chi connectivity index (χ4v) is 2.09. The van der Waals surface area contributed by atoms with Crippen LogP contribution < -0.4 is 10.2 Å². The molecule has 0 unspecified atom stereocenters. The molecule has 0 fully saturated rings. The van der Waals surface area contributed by atoms with Gasteiger partial charge in [0.1, 0.15) is 5.82 Å². The van der Waals surface area contributed by atoms with Crippen molar-refractivity contribution >= 4 is 5.82 Å². The van der Waals surface area contributed by atoms with Crippen molar-refractivity contribution in [2.45, 2.75) is 20.0 Å². The number of nitrogens with zero attached hydrogens (tertiary/aromatic N) is 3. The van der Waals surface area contributed by atoms with Crippen molar-refractivity contribution in [1.29, 1.82) is 0 Å². The summed E-state index contributed by atoms with van der Waals surface area (Å²) in [6, 6.07) is 8.19. The van der Waals surface area contributed by atoms with Crippen LogP contribution in [0.2, 0.25) is 0 Å². The molecule has 0 aliphatic rings. The quantitative estimate of drug-likeness (QED) is 0.860. The molecule has 0 saturated heterocycles. The standard InChI is InChI=1S/C15H20N4/c1-3-19(12-13-6-9-17-10-7-13)15-14(11-16-2)5-4-8-18-15/h4-10,16H,3,11-12H2,1-2H3. The van der Waals surface area contributed by atoms with E-state index >= 15 is 0 Å². The zero-order valence-corrected chi connectivity index (χ0v) is 11.5. The van der Waals surface area contributed by atoms with E-state index in [1.54, 1.807) is 0 Å². The molecule has 0 aromatic carbocycles. The Hall–Kier alpha value is -1.94. The molecule has 4 nitrogen and oxygen atoms in total. The summed E-state index contributed by atoms with van der Waals surface area (Å²) in [5.41, 5.74) is 2.47. The summed E-state index contributed by atoms with van der Waals surface area (Å²) in [5.74, 6) is 1.05. The minimum Gasteiger partial charge on any atom is -0.352 e. The van der Waals surface area contributed by atoms with Crippen LogP contribution in [0.5, 0.6) is 0 Å². The summed E-state index contributed by atoms with van der Waals surface area (Å²) in [6.45, 7) is 4.76. The van der Waals surface area contributed by atoms with E-state index in [-0.39, 0.29) is 0 Å². The monoisotopic (exact) mass is 256 g/mol. The van der Waals surface area contributed by atoms with E-state index in [1.807, 2.05) is 43.8 Å². The van der Waals surface area contributed by atoms with E-state index in [0.29, 0.717) is 0 Å². The molecule has 4 heteroatoms. The maximum Gasteiger partial charge on any atom is 0.133 e. The van der Waals surface area contributed by atoms with Crippen LogP contribution in [0.25, 0.3) is 0 Å². The van der Waals surface area contributed by atoms with Gasteiger partial charge in [-0.15, -0.1) is 0 Å². The third kappa shape index (κ3) is 3.51. The third-order valence-corrected chi connectivity index (χ3v) is 3.04. The number of nitrogens with one attached hydrogen (secondary N) is 1. The molecule has 0 spiro atoms. The van der Waals surface area contributed by atoms with Crippen LogP contribution in [0.1, 0.15) is 18.1 Å². The summed E-state index contributed by atoms with van der Waals surface area (Å²) in [5, 5.41) is 3.19. The van der Waals surface area contributed by atoms with Gasteiger partial charge in [-0.3, -0.25) is 4.98 Å². The maximum atomic E-state index is 4.53. The summed E-state index contributed by atoms with van der Waals surface area (Å²) < 4.78 is 0. The number of rotatable bonds is 6. The van der Waals surface area contributed by atoms with Gasteiger partial charge in [0, 0.05) is 43.8 Å². The molecule has 1 N–H and O–H groups in total. The summed E-state index contributed by atoms with van der Waals surface area (Å²) in [4.78, 5) is 10.9. The van der Waals surface area contributed by atoms with Crippen molar-refractivity contribution < 1.29 is 0 Å². The van der Waals surface area contributed by atoms with E-state index in [1.165, 1.54) is 11.1 Å². The number of pyridine rings is 2. The molecule has 100 valence electrons. The lowest BCUT2D eigenvalue weighted by molar-refractivity contribution is 0.769. The lowest BCUT2D eigenvalue weighted by Gasteiger charge is -2.24. The molecular formula is C15H20N4. The fraction of sp³-hybridized carbons (Fsp3) is 0.333. The predicted molar refractivity (Wildman–Crippen MR) is 78.0 cm³/mol. The molecule has 2 rings (SSSR count). The van der Waals surface area contributed by atoms with Gasteiger partial charge in [0.2, 0.25) is 0 Å². The molecule has 2 aromatic rings. The third-order valence-electron chi connectivity index (χ3n) is 3.04. The van der Waals surface area contributed by atoms with Gasteiger partial charge in [0.25, 0.3) is 0 Å². The Morgan fingerprint density at radius 1 is 1.16 bits per heavy atom. The van der Waals surface area contributed by atoms with Crippen LogP contribution >= 0.6 is 0 Å². The zero-order chi connectivity index (χ0) is 13.5.